The van der Waals surface area contributed by atoms with E-state index in [1.54, 1.807) is 19.1 Å². The average Bonchev–Trinajstić information content (AvgIpc) is 2.33. The van der Waals surface area contributed by atoms with E-state index in [9.17, 15) is 9.18 Å². The van der Waals surface area contributed by atoms with Crippen LogP contribution in [0.3, 0.4) is 0 Å². The molecule has 2 aromatic rings. The molecule has 0 atom stereocenters. The quantitative estimate of drug-likeness (QED) is 0.903. The van der Waals surface area contributed by atoms with Gasteiger partial charge in [-0.3, -0.25) is 4.79 Å². The SMILES string of the molecule is Cc1cc(Cl)cnc1NC(=O)c1ccccc1F. The van der Waals surface area contributed by atoms with E-state index >= 15 is 0 Å². The molecule has 0 radical (unpaired) electrons. The fourth-order valence-corrected chi connectivity index (χ4v) is 1.70. The fraction of sp³-hybridized carbons (Fsp3) is 0.0769. The van der Waals surface area contributed by atoms with Crippen molar-refractivity contribution in [1.82, 2.24) is 4.98 Å². The minimum atomic E-state index is -0.568. The molecule has 2 rings (SSSR count). The topological polar surface area (TPSA) is 42.0 Å². The highest BCUT2D eigenvalue weighted by molar-refractivity contribution is 6.30. The summed E-state index contributed by atoms with van der Waals surface area (Å²) in [7, 11) is 0. The van der Waals surface area contributed by atoms with Crippen LogP contribution in [0, 0.1) is 12.7 Å². The number of amides is 1. The Bertz CT molecular complexity index is 601. The van der Waals surface area contributed by atoms with Gasteiger partial charge >= 0.3 is 0 Å². The van der Waals surface area contributed by atoms with Crippen molar-refractivity contribution in [3.05, 3.63) is 58.5 Å². The monoisotopic (exact) mass is 264 g/mol. The summed E-state index contributed by atoms with van der Waals surface area (Å²) in [6.45, 7) is 1.76. The third-order valence-corrected chi connectivity index (χ3v) is 2.60. The third kappa shape index (κ3) is 2.65. The van der Waals surface area contributed by atoms with Gasteiger partial charge in [-0.15, -0.1) is 0 Å². The molecule has 0 aliphatic rings. The van der Waals surface area contributed by atoms with E-state index in [-0.39, 0.29) is 5.56 Å². The smallest absolute Gasteiger partial charge is 0.259 e. The van der Waals surface area contributed by atoms with E-state index < -0.39 is 11.7 Å². The molecule has 0 fully saturated rings. The molecule has 0 saturated carbocycles. The number of nitrogens with one attached hydrogen (secondary N) is 1. The first kappa shape index (κ1) is 12.5. The average molecular weight is 265 g/mol. The molecule has 1 aromatic heterocycles. The van der Waals surface area contributed by atoms with Gasteiger partial charge in [-0.1, -0.05) is 23.7 Å². The molecule has 3 nitrogen and oxygen atoms in total. The second kappa shape index (κ2) is 5.14. The lowest BCUT2D eigenvalue weighted by molar-refractivity contribution is 0.102. The second-order valence-electron chi connectivity index (χ2n) is 3.75. The number of anilines is 1. The number of nitrogens with zero attached hydrogens (tertiary/aromatic N) is 1. The Kier molecular flexibility index (Phi) is 3.58. The van der Waals surface area contributed by atoms with Crippen molar-refractivity contribution in [2.45, 2.75) is 6.92 Å². The van der Waals surface area contributed by atoms with Crippen molar-refractivity contribution in [3.63, 3.8) is 0 Å². The van der Waals surface area contributed by atoms with Gasteiger partial charge in [-0.05, 0) is 30.7 Å². The summed E-state index contributed by atoms with van der Waals surface area (Å²) in [6, 6.07) is 7.44. The van der Waals surface area contributed by atoms with Gasteiger partial charge in [0, 0.05) is 6.20 Å². The summed E-state index contributed by atoms with van der Waals surface area (Å²) in [6.07, 6.45) is 1.42. The zero-order valence-electron chi connectivity index (χ0n) is 9.58. The summed E-state index contributed by atoms with van der Waals surface area (Å²) in [5.41, 5.74) is 0.695. The highest BCUT2D eigenvalue weighted by Crippen LogP contribution is 2.17. The molecule has 92 valence electrons. The van der Waals surface area contributed by atoms with Crippen molar-refractivity contribution in [2.24, 2.45) is 0 Å². The summed E-state index contributed by atoms with van der Waals surface area (Å²) in [5, 5.41) is 3.03. The Morgan fingerprint density at radius 3 is 2.78 bits per heavy atom. The van der Waals surface area contributed by atoms with E-state index in [0.29, 0.717) is 16.4 Å². The van der Waals surface area contributed by atoms with E-state index in [1.165, 1.54) is 24.4 Å². The van der Waals surface area contributed by atoms with Gasteiger partial charge in [0.25, 0.3) is 5.91 Å². The number of pyridine rings is 1. The second-order valence-corrected chi connectivity index (χ2v) is 4.19. The third-order valence-electron chi connectivity index (χ3n) is 2.40. The summed E-state index contributed by atoms with van der Waals surface area (Å²) < 4.78 is 13.4. The normalized spacial score (nSPS) is 10.2. The van der Waals surface area contributed by atoms with Crippen molar-refractivity contribution < 1.29 is 9.18 Å². The Hall–Kier alpha value is -1.94. The molecule has 1 amide bonds. The highest BCUT2D eigenvalue weighted by Gasteiger charge is 2.12. The molecule has 0 saturated heterocycles. The maximum absolute atomic E-state index is 13.4. The number of aromatic nitrogens is 1. The Balaban J connectivity index is 2.24. The summed E-state index contributed by atoms with van der Waals surface area (Å²) in [5.74, 6) is -0.736. The zero-order valence-corrected chi connectivity index (χ0v) is 10.3. The lowest BCUT2D eigenvalue weighted by atomic mass is 10.2. The Morgan fingerprint density at radius 1 is 1.39 bits per heavy atom. The van der Waals surface area contributed by atoms with E-state index in [0.717, 1.165) is 0 Å². The van der Waals surface area contributed by atoms with Gasteiger partial charge in [0.05, 0.1) is 10.6 Å². The number of hydrogen-bond donors (Lipinski definition) is 1. The number of rotatable bonds is 2. The predicted octanol–water partition coefficient (Wildman–Crippen LogP) is 3.43. The molecule has 1 heterocycles. The van der Waals surface area contributed by atoms with Crippen LogP contribution in [0.2, 0.25) is 5.02 Å². The van der Waals surface area contributed by atoms with Gasteiger partial charge in [-0.2, -0.15) is 0 Å². The van der Waals surface area contributed by atoms with Gasteiger partial charge in [-0.25, -0.2) is 9.37 Å². The van der Waals surface area contributed by atoms with Crippen LogP contribution in [-0.4, -0.2) is 10.9 Å². The first-order valence-electron chi connectivity index (χ1n) is 5.26. The van der Waals surface area contributed by atoms with E-state index in [4.69, 9.17) is 11.6 Å². The van der Waals surface area contributed by atoms with Gasteiger partial charge < -0.3 is 5.32 Å². The maximum Gasteiger partial charge on any atom is 0.259 e. The molecule has 0 unspecified atom stereocenters. The van der Waals surface area contributed by atoms with Crippen LogP contribution in [0.1, 0.15) is 15.9 Å². The molecule has 0 aliphatic heterocycles. The van der Waals surface area contributed by atoms with Crippen LogP contribution in [0.4, 0.5) is 10.2 Å². The van der Waals surface area contributed by atoms with Crippen LogP contribution < -0.4 is 5.32 Å². The standard InChI is InChI=1S/C13H10ClFN2O/c1-8-6-9(14)7-16-12(8)17-13(18)10-4-2-3-5-11(10)15/h2-7H,1H3,(H,16,17,18). The van der Waals surface area contributed by atoms with Crippen molar-refractivity contribution >= 4 is 23.3 Å². The minimum Gasteiger partial charge on any atom is -0.306 e. The molecule has 0 aliphatic carbocycles. The van der Waals surface area contributed by atoms with Crippen molar-refractivity contribution in [1.29, 1.82) is 0 Å². The van der Waals surface area contributed by atoms with Crippen LogP contribution in [0.15, 0.2) is 36.5 Å². The molecule has 18 heavy (non-hydrogen) atoms. The molecule has 0 bridgehead atoms. The van der Waals surface area contributed by atoms with Crippen molar-refractivity contribution in [2.75, 3.05) is 5.32 Å². The molecule has 0 spiro atoms. The first-order valence-corrected chi connectivity index (χ1v) is 5.64. The first-order chi connectivity index (χ1) is 8.58. The van der Waals surface area contributed by atoms with Crippen LogP contribution in [0.5, 0.6) is 0 Å². The Morgan fingerprint density at radius 2 is 2.11 bits per heavy atom. The number of aryl methyl sites for hydroxylation is 1. The molecule has 1 aromatic carbocycles. The number of carbonyl (C=O) groups excluding carboxylic acids is 1. The summed E-state index contributed by atoms with van der Waals surface area (Å²) in [4.78, 5) is 15.8. The predicted molar refractivity (Wildman–Crippen MR) is 68.3 cm³/mol. The molecule has 1 N–H and O–H groups in total. The summed E-state index contributed by atoms with van der Waals surface area (Å²) >= 11 is 5.76. The minimum absolute atomic E-state index is 0.0198. The van der Waals surface area contributed by atoms with E-state index in [2.05, 4.69) is 10.3 Å². The Labute approximate surface area is 109 Å². The number of carbonyl (C=O) groups is 1. The van der Waals surface area contributed by atoms with Gasteiger partial charge in [0.2, 0.25) is 0 Å². The molecular weight excluding hydrogens is 255 g/mol. The maximum atomic E-state index is 13.4. The van der Waals surface area contributed by atoms with Gasteiger partial charge in [0.1, 0.15) is 11.6 Å². The van der Waals surface area contributed by atoms with Gasteiger partial charge in [0.15, 0.2) is 0 Å². The zero-order chi connectivity index (χ0) is 13.1. The number of benzene rings is 1. The number of hydrogen-bond acceptors (Lipinski definition) is 2. The molecule has 5 heteroatoms. The van der Waals surface area contributed by atoms with Crippen LogP contribution >= 0.6 is 11.6 Å². The number of halogens is 2. The van der Waals surface area contributed by atoms with E-state index in [1.807, 2.05) is 0 Å². The lowest BCUT2D eigenvalue weighted by Crippen LogP contribution is -2.15. The van der Waals surface area contributed by atoms with Crippen molar-refractivity contribution in [3.8, 4) is 0 Å². The van der Waals surface area contributed by atoms with Crippen LogP contribution in [-0.2, 0) is 0 Å². The molecular formula is C13H10ClFN2O. The largest absolute Gasteiger partial charge is 0.306 e. The fourth-order valence-electron chi connectivity index (χ4n) is 1.49. The highest BCUT2D eigenvalue weighted by atomic mass is 35.5. The van der Waals surface area contributed by atoms with Crippen LogP contribution in [0.25, 0.3) is 0 Å². The lowest BCUT2D eigenvalue weighted by Gasteiger charge is -2.07.